The summed E-state index contributed by atoms with van der Waals surface area (Å²) in [4.78, 5) is 12.1. The lowest BCUT2D eigenvalue weighted by Crippen LogP contribution is -2.03. The molecule has 0 saturated heterocycles. The van der Waals surface area contributed by atoms with Crippen molar-refractivity contribution in [2.24, 2.45) is 0 Å². The van der Waals surface area contributed by atoms with Crippen LogP contribution in [-0.2, 0) is 4.79 Å². The molecule has 0 aromatic heterocycles. The van der Waals surface area contributed by atoms with Crippen molar-refractivity contribution < 1.29 is 9.53 Å². The number of carbonyl (C=O) groups is 1. The van der Waals surface area contributed by atoms with Crippen molar-refractivity contribution in [1.82, 2.24) is 0 Å². The molecule has 20 heavy (non-hydrogen) atoms. The molecule has 0 saturated carbocycles. The van der Waals surface area contributed by atoms with E-state index in [2.05, 4.69) is 5.32 Å². The number of amides is 1. The van der Waals surface area contributed by atoms with Gasteiger partial charge in [0.25, 0.3) is 5.91 Å². The SMILES string of the molecule is COc1cccc(/C=C2\C(=O)Nc3cccc(Cl)c32)c1. The summed E-state index contributed by atoms with van der Waals surface area (Å²) in [7, 11) is 1.61. The van der Waals surface area contributed by atoms with Crippen molar-refractivity contribution in [2.45, 2.75) is 0 Å². The lowest BCUT2D eigenvalue weighted by Gasteiger charge is -2.03. The smallest absolute Gasteiger partial charge is 0.256 e. The summed E-state index contributed by atoms with van der Waals surface area (Å²) >= 11 is 6.20. The zero-order valence-corrected chi connectivity index (χ0v) is 11.6. The average molecular weight is 286 g/mol. The van der Waals surface area contributed by atoms with Crippen molar-refractivity contribution in [3.8, 4) is 5.75 Å². The van der Waals surface area contributed by atoms with Gasteiger partial charge in [-0.05, 0) is 35.9 Å². The second kappa shape index (κ2) is 5.02. The van der Waals surface area contributed by atoms with E-state index in [1.807, 2.05) is 42.5 Å². The lowest BCUT2D eigenvalue weighted by atomic mass is 10.0. The van der Waals surface area contributed by atoms with Gasteiger partial charge in [0.2, 0.25) is 0 Å². The molecular formula is C16H12ClNO2. The van der Waals surface area contributed by atoms with Gasteiger partial charge in [-0.2, -0.15) is 0 Å². The number of halogens is 1. The number of hydrogen-bond acceptors (Lipinski definition) is 2. The fourth-order valence-electron chi connectivity index (χ4n) is 2.24. The highest BCUT2D eigenvalue weighted by Gasteiger charge is 2.26. The first-order chi connectivity index (χ1) is 9.69. The van der Waals surface area contributed by atoms with E-state index >= 15 is 0 Å². The minimum Gasteiger partial charge on any atom is -0.497 e. The van der Waals surface area contributed by atoms with Crippen molar-refractivity contribution in [1.29, 1.82) is 0 Å². The van der Waals surface area contributed by atoms with Gasteiger partial charge in [0, 0.05) is 5.56 Å². The number of anilines is 1. The van der Waals surface area contributed by atoms with Gasteiger partial charge < -0.3 is 10.1 Å². The van der Waals surface area contributed by atoms with Crippen LogP contribution in [-0.4, -0.2) is 13.0 Å². The van der Waals surface area contributed by atoms with E-state index in [0.29, 0.717) is 10.6 Å². The second-order valence-corrected chi connectivity index (χ2v) is 4.86. The molecule has 3 nitrogen and oxygen atoms in total. The van der Waals surface area contributed by atoms with Crippen LogP contribution >= 0.6 is 11.6 Å². The third-order valence-electron chi connectivity index (χ3n) is 3.18. The number of hydrogen-bond donors (Lipinski definition) is 1. The molecule has 0 radical (unpaired) electrons. The summed E-state index contributed by atoms with van der Waals surface area (Å²) in [5.41, 5.74) is 2.96. The predicted molar refractivity (Wildman–Crippen MR) is 80.9 cm³/mol. The van der Waals surface area contributed by atoms with E-state index in [1.165, 1.54) is 0 Å². The highest BCUT2D eigenvalue weighted by molar-refractivity contribution is 6.41. The molecule has 0 atom stereocenters. The molecule has 0 fully saturated rings. The van der Waals surface area contributed by atoms with Crippen LogP contribution in [0, 0.1) is 0 Å². The second-order valence-electron chi connectivity index (χ2n) is 4.45. The molecule has 1 N–H and O–H groups in total. The number of benzene rings is 2. The van der Waals surface area contributed by atoms with E-state index in [0.717, 1.165) is 22.6 Å². The van der Waals surface area contributed by atoms with Crippen LogP contribution in [0.2, 0.25) is 5.02 Å². The average Bonchev–Trinajstić information content (AvgIpc) is 2.77. The molecule has 0 aliphatic carbocycles. The van der Waals surface area contributed by atoms with Gasteiger partial charge in [0.05, 0.1) is 23.4 Å². The molecule has 1 amide bonds. The van der Waals surface area contributed by atoms with Crippen LogP contribution in [0.3, 0.4) is 0 Å². The minimum atomic E-state index is -0.143. The van der Waals surface area contributed by atoms with E-state index in [-0.39, 0.29) is 5.91 Å². The van der Waals surface area contributed by atoms with Crippen LogP contribution in [0.5, 0.6) is 5.75 Å². The molecule has 2 aromatic carbocycles. The van der Waals surface area contributed by atoms with Crippen molar-refractivity contribution in [3.05, 3.63) is 58.6 Å². The van der Waals surface area contributed by atoms with E-state index in [9.17, 15) is 4.79 Å². The topological polar surface area (TPSA) is 38.3 Å². The number of methoxy groups -OCH3 is 1. The van der Waals surface area contributed by atoms with Crippen LogP contribution < -0.4 is 10.1 Å². The van der Waals surface area contributed by atoms with Crippen molar-refractivity contribution >= 4 is 34.8 Å². The normalized spacial score (nSPS) is 15.1. The summed E-state index contributed by atoms with van der Waals surface area (Å²) in [6, 6.07) is 13.0. The Morgan fingerprint density at radius 1 is 1.20 bits per heavy atom. The quantitative estimate of drug-likeness (QED) is 0.851. The van der Waals surface area contributed by atoms with Crippen LogP contribution in [0.15, 0.2) is 42.5 Å². The van der Waals surface area contributed by atoms with Gasteiger partial charge >= 0.3 is 0 Å². The van der Waals surface area contributed by atoms with Crippen LogP contribution in [0.4, 0.5) is 5.69 Å². The summed E-state index contributed by atoms with van der Waals surface area (Å²) < 4.78 is 5.18. The Bertz CT molecular complexity index is 722. The third-order valence-corrected chi connectivity index (χ3v) is 3.50. The molecule has 2 aromatic rings. The standard InChI is InChI=1S/C16H12ClNO2/c1-20-11-5-2-4-10(8-11)9-12-15-13(17)6-3-7-14(15)18-16(12)19/h2-9H,1H3,(H,18,19)/b12-9-. The highest BCUT2D eigenvalue weighted by atomic mass is 35.5. The third kappa shape index (κ3) is 2.17. The number of rotatable bonds is 2. The van der Waals surface area contributed by atoms with E-state index in [1.54, 1.807) is 13.2 Å². The molecule has 4 heteroatoms. The van der Waals surface area contributed by atoms with E-state index < -0.39 is 0 Å². The monoisotopic (exact) mass is 285 g/mol. The van der Waals surface area contributed by atoms with Gasteiger partial charge in [-0.15, -0.1) is 0 Å². The molecule has 1 aliphatic rings. The molecule has 3 rings (SSSR count). The van der Waals surface area contributed by atoms with Gasteiger partial charge in [0.15, 0.2) is 0 Å². The molecule has 0 spiro atoms. The Labute approximate surface area is 121 Å². The first kappa shape index (κ1) is 12.8. The first-order valence-corrected chi connectivity index (χ1v) is 6.53. The Hall–Kier alpha value is -2.26. The summed E-state index contributed by atoms with van der Waals surface area (Å²) in [5.74, 6) is 0.605. The zero-order chi connectivity index (χ0) is 14.1. The Kier molecular flexibility index (Phi) is 3.20. The molecule has 1 aliphatic heterocycles. The van der Waals surface area contributed by atoms with Gasteiger partial charge in [-0.25, -0.2) is 0 Å². The molecule has 0 unspecified atom stereocenters. The van der Waals surface area contributed by atoms with E-state index in [4.69, 9.17) is 16.3 Å². The minimum absolute atomic E-state index is 0.143. The molecule has 1 heterocycles. The first-order valence-electron chi connectivity index (χ1n) is 6.15. The van der Waals surface area contributed by atoms with Crippen LogP contribution in [0.1, 0.15) is 11.1 Å². The summed E-state index contributed by atoms with van der Waals surface area (Å²) in [6.45, 7) is 0. The number of ether oxygens (including phenoxy) is 1. The Morgan fingerprint density at radius 2 is 2.00 bits per heavy atom. The molecule has 0 bridgehead atoms. The number of nitrogens with one attached hydrogen (secondary N) is 1. The maximum absolute atomic E-state index is 12.1. The zero-order valence-electron chi connectivity index (χ0n) is 10.8. The molecular weight excluding hydrogens is 274 g/mol. The van der Waals surface area contributed by atoms with Crippen molar-refractivity contribution in [3.63, 3.8) is 0 Å². The summed E-state index contributed by atoms with van der Waals surface area (Å²) in [5, 5.41) is 3.38. The summed E-state index contributed by atoms with van der Waals surface area (Å²) in [6.07, 6.45) is 1.82. The number of fused-ring (bicyclic) bond motifs is 1. The highest BCUT2D eigenvalue weighted by Crippen LogP contribution is 2.38. The Balaban J connectivity index is 2.11. The van der Waals surface area contributed by atoms with Gasteiger partial charge in [0.1, 0.15) is 5.75 Å². The fourth-order valence-corrected chi connectivity index (χ4v) is 2.52. The lowest BCUT2D eigenvalue weighted by molar-refractivity contribution is -0.110. The van der Waals surface area contributed by atoms with Gasteiger partial charge in [-0.1, -0.05) is 29.8 Å². The molecule has 100 valence electrons. The fraction of sp³-hybridized carbons (Fsp3) is 0.0625. The van der Waals surface area contributed by atoms with Gasteiger partial charge in [-0.3, -0.25) is 4.79 Å². The van der Waals surface area contributed by atoms with Crippen LogP contribution in [0.25, 0.3) is 11.6 Å². The largest absolute Gasteiger partial charge is 0.497 e. The number of carbonyl (C=O) groups excluding carboxylic acids is 1. The predicted octanol–water partition coefficient (Wildman–Crippen LogP) is 3.84. The maximum atomic E-state index is 12.1. The van der Waals surface area contributed by atoms with Crippen molar-refractivity contribution in [2.75, 3.05) is 12.4 Å². The maximum Gasteiger partial charge on any atom is 0.256 e. The Morgan fingerprint density at radius 3 is 2.80 bits per heavy atom.